The van der Waals surface area contributed by atoms with Crippen molar-refractivity contribution in [2.45, 2.75) is 32.1 Å². The van der Waals surface area contributed by atoms with E-state index in [0.29, 0.717) is 36.4 Å². The first kappa shape index (κ1) is 16.4. The average molecular weight is 349 g/mol. The van der Waals surface area contributed by atoms with Crippen molar-refractivity contribution in [3.63, 3.8) is 0 Å². The summed E-state index contributed by atoms with van der Waals surface area (Å²) in [5.41, 5.74) is 6.21. The van der Waals surface area contributed by atoms with Gasteiger partial charge in [0.1, 0.15) is 22.8 Å². The highest BCUT2D eigenvalue weighted by molar-refractivity contribution is 6.20. The minimum Gasteiger partial charge on any atom is -0.444 e. The monoisotopic (exact) mass is 349 g/mol. The van der Waals surface area contributed by atoms with Crippen LogP contribution in [0.5, 0.6) is 0 Å². The summed E-state index contributed by atoms with van der Waals surface area (Å²) in [6, 6.07) is 9.35. The van der Waals surface area contributed by atoms with Crippen molar-refractivity contribution >= 4 is 17.4 Å². The molecule has 0 bridgehead atoms. The summed E-state index contributed by atoms with van der Waals surface area (Å²) < 4.78 is 5.68. The zero-order chi connectivity index (χ0) is 18.6. The van der Waals surface area contributed by atoms with Crippen LogP contribution in [0.4, 0.5) is 5.69 Å². The molecule has 2 aliphatic heterocycles. The van der Waals surface area contributed by atoms with Crippen molar-refractivity contribution in [2.24, 2.45) is 11.7 Å². The molecule has 6 heteroatoms. The number of allylic oxidation sites excluding steroid dienone is 1. The van der Waals surface area contributed by atoms with E-state index in [2.05, 4.69) is 6.07 Å². The molecule has 0 saturated carbocycles. The summed E-state index contributed by atoms with van der Waals surface area (Å²) in [5.74, 6) is -0.0242. The lowest BCUT2D eigenvalue weighted by Crippen LogP contribution is -2.49. The summed E-state index contributed by atoms with van der Waals surface area (Å²) in [6.07, 6.45) is 0.841. The molecule has 0 radical (unpaired) electrons. The van der Waals surface area contributed by atoms with Gasteiger partial charge in [-0.15, -0.1) is 0 Å². The number of carbonyl (C=O) groups is 2. The Morgan fingerprint density at radius 1 is 1.35 bits per heavy atom. The van der Waals surface area contributed by atoms with Crippen LogP contribution in [0.2, 0.25) is 0 Å². The number of nitriles is 1. The molecule has 6 nitrogen and oxygen atoms in total. The molecule has 1 amide bonds. The minimum absolute atomic E-state index is 0.00699. The largest absolute Gasteiger partial charge is 0.444 e. The molecule has 2 atom stereocenters. The SMILES string of the molecule is CCN1C(=O)[C@]2(C(C#N)=C(N)OC3=C2C(=O)C[C@H](C)C3)c2ccccc21. The number of Topliss-reactive ketones (excluding diaryl/α,β-unsaturated/α-hetero) is 1. The van der Waals surface area contributed by atoms with Gasteiger partial charge in [0.2, 0.25) is 11.8 Å². The van der Waals surface area contributed by atoms with E-state index in [1.807, 2.05) is 32.0 Å². The summed E-state index contributed by atoms with van der Waals surface area (Å²) in [4.78, 5) is 28.3. The molecule has 4 rings (SSSR count). The third kappa shape index (κ3) is 1.80. The number of nitrogens with two attached hydrogens (primary N) is 1. The number of benzene rings is 1. The lowest BCUT2D eigenvalue weighted by Gasteiger charge is -2.38. The molecule has 1 aliphatic carbocycles. The van der Waals surface area contributed by atoms with Gasteiger partial charge >= 0.3 is 0 Å². The van der Waals surface area contributed by atoms with Gasteiger partial charge in [0.25, 0.3) is 0 Å². The van der Waals surface area contributed by atoms with Crippen LogP contribution in [0.1, 0.15) is 32.3 Å². The van der Waals surface area contributed by atoms with Crippen molar-refractivity contribution in [3.8, 4) is 6.07 Å². The van der Waals surface area contributed by atoms with Crippen molar-refractivity contribution < 1.29 is 14.3 Å². The van der Waals surface area contributed by atoms with Crippen molar-refractivity contribution in [3.05, 3.63) is 52.6 Å². The number of anilines is 1. The van der Waals surface area contributed by atoms with Crippen LogP contribution in [0.25, 0.3) is 0 Å². The van der Waals surface area contributed by atoms with Gasteiger partial charge in [-0.3, -0.25) is 9.59 Å². The van der Waals surface area contributed by atoms with E-state index in [0.717, 1.165) is 0 Å². The Labute approximate surface area is 151 Å². The first-order valence-corrected chi connectivity index (χ1v) is 8.73. The number of rotatable bonds is 1. The Morgan fingerprint density at radius 3 is 2.77 bits per heavy atom. The lowest BCUT2D eigenvalue weighted by molar-refractivity contribution is -0.125. The van der Waals surface area contributed by atoms with Gasteiger partial charge in [-0.05, 0) is 18.9 Å². The van der Waals surface area contributed by atoms with Crippen LogP contribution in [-0.2, 0) is 19.7 Å². The Balaban J connectivity index is 2.12. The number of likely N-dealkylation sites (N-methyl/N-ethyl adjacent to an activating group) is 1. The fourth-order valence-electron chi connectivity index (χ4n) is 4.46. The quantitative estimate of drug-likeness (QED) is 0.839. The van der Waals surface area contributed by atoms with E-state index in [-0.39, 0.29) is 34.6 Å². The number of ether oxygens (including phenoxy) is 1. The molecule has 132 valence electrons. The maximum atomic E-state index is 13.6. The van der Waals surface area contributed by atoms with Gasteiger partial charge in [-0.25, -0.2) is 0 Å². The molecule has 0 unspecified atom stereocenters. The Kier molecular flexibility index (Phi) is 3.45. The number of amides is 1. The number of fused-ring (bicyclic) bond motifs is 3. The summed E-state index contributed by atoms with van der Waals surface area (Å²) >= 11 is 0. The van der Waals surface area contributed by atoms with Gasteiger partial charge < -0.3 is 15.4 Å². The van der Waals surface area contributed by atoms with E-state index >= 15 is 0 Å². The molecular formula is C20H19N3O3. The number of hydrogen-bond donors (Lipinski definition) is 1. The number of carbonyl (C=O) groups excluding carboxylic acids is 2. The average Bonchev–Trinajstić information content (AvgIpc) is 2.84. The van der Waals surface area contributed by atoms with E-state index in [9.17, 15) is 14.9 Å². The standard InChI is InChI=1S/C20H19N3O3/c1-3-23-14-7-5-4-6-12(14)20(19(23)25)13(10-21)18(22)26-16-9-11(2)8-15(24)17(16)20/h4-7,11H,3,8-9,22H2,1-2H3/t11-,20-/m0/s1. The topological polar surface area (TPSA) is 96.4 Å². The molecular weight excluding hydrogens is 330 g/mol. The predicted molar refractivity (Wildman–Crippen MR) is 94.5 cm³/mol. The third-order valence-corrected chi connectivity index (χ3v) is 5.45. The number of nitrogens with zero attached hydrogens (tertiary/aromatic N) is 2. The van der Waals surface area contributed by atoms with Gasteiger partial charge in [0, 0.05) is 30.6 Å². The molecule has 0 fully saturated rings. The second-order valence-electron chi connectivity index (χ2n) is 7.00. The maximum absolute atomic E-state index is 13.6. The zero-order valence-electron chi connectivity index (χ0n) is 14.7. The number of para-hydroxylation sites is 1. The van der Waals surface area contributed by atoms with Crippen LogP contribution >= 0.6 is 0 Å². The second-order valence-corrected chi connectivity index (χ2v) is 7.00. The van der Waals surface area contributed by atoms with Gasteiger partial charge in [-0.1, -0.05) is 25.1 Å². The first-order valence-electron chi connectivity index (χ1n) is 8.73. The summed E-state index contributed by atoms with van der Waals surface area (Å²) in [6.45, 7) is 4.26. The summed E-state index contributed by atoms with van der Waals surface area (Å²) in [5, 5.41) is 9.85. The zero-order valence-corrected chi connectivity index (χ0v) is 14.7. The van der Waals surface area contributed by atoms with Crippen LogP contribution in [0, 0.1) is 17.2 Å². The number of hydrogen-bond acceptors (Lipinski definition) is 5. The van der Waals surface area contributed by atoms with Gasteiger partial charge in [0.05, 0.1) is 5.57 Å². The molecule has 1 spiro atoms. The van der Waals surface area contributed by atoms with E-state index in [1.54, 1.807) is 11.0 Å². The minimum atomic E-state index is -1.49. The molecule has 2 heterocycles. The summed E-state index contributed by atoms with van der Waals surface area (Å²) in [7, 11) is 0. The third-order valence-electron chi connectivity index (χ3n) is 5.45. The Morgan fingerprint density at radius 2 is 2.08 bits per heavy atom. The van der Waals surface area contributed by atoms with E-state index in [1.165, 1.54) is 0 Å². The molecule has 0 aromatic heterocycles. The van der Waals surface area contributed by atoms with Crippen LogP contribution in [0.3, 0.4) is 0 Å². The van der Waals surface area contributed by atoms with Crippen molar-refractivity contribution in [1.82, 2.24) is 0 Å². The van der Waals surface area contributed by atoms with Crippen molar-refractivity contribution in [2.75, 3.05) is 11.4 Å². The molecule has 0 saturated heterocycles. The van der Waals surface area contributed by atoms with Crippen LogP contribution in [-0.4, -0.2) is 18.2 Å². The Bertz CT molecular complexity index is 953. The van der Waals surface area contributed by atoms with E-state index < -0.39 is 5.41 Å². The van der Waals surface area contributed by atoms with Crippen LogP contribution in [0.15, 0.2) is 47.1 Å². The normalized spacial score (nSPS) is 27.4. The van der Waals surface area contributed by atoms with Crippen molar-refractivity contribution in [1.29, 1.82) is 5.26 Å². The molecule has 3 aliphatic rings. The Hall–Kier alpha value is -3.07. The smallest absolute Gasteiger partial charge is 0.247 e. The highest BCUT2D eigenvalue weighted by Crippen LogP contribution is 2.55. The first-order chi connectivity index (χ1) is 12.5. The van der Waals surface area contributed by atoms with E-state index in [4.69, 9.17) is 10.5 Å². The molecule has 1 aromatic carbocycles. The highest BCUT2D eigenvalue weighted by Gasteiger charge is 2.62. The van der Waals surface area contributed by atoms with Gasteiger partial charge in [0.15, 0.2) is 5.78 Å². The van der Waals surface area contributed by atoms with Crippen LogP contribution < -0.4 is 10.6 Å². The molecule has 26 heavy (non-hydrogen) atoms. The van der Waals surface area contributed by atoms with Gasteiger partial charge in [-0.2, -0.15) is 5.26 Å². The fourth-order valence-corrected chi connectivity index (χ4v) is 4.46. The predicted octanol–water partition coefficient (Wildman–Crippen LogP) is 2.27. The maximum Gasteiger partial charge on any atom is 0.247 e. The fraction of sp³-hybridized carbons (Fsp3) is 0.350. The highest BCUT2D eigenvalue weighted by atomic mass is 16.5. The molecule has 1 aromatic rings. The number of ketones is 1. The molecule has 2 N–H and O–H groups in total. The lowest BCUT2D eigenvalue weighted by atomic mass is 9.64. The second kappa shape index (κ2) is 5.46.